The summed E-state index contributed by atoms with van der Waals surface area (Å²) < 4.78 is 1.40. The smallest absolute Gasteiger partial charge is 0.250 e. The van der Waals surface area contributed by atoms with E-state index in [1.165, 1.54) is 4.68 Å². The van der Waals surface area contributed by atoms with E-state index in [9.17, 15) is 9.59 Å². The third kappa shape index (κ3) is 2.99. The van der Waals surface area contributed by atoms with Crippen molar-refractivity contribution in [3.8, 4) is 11.3 Å². The van der Waals surface area contributed by atoms with Crippen LogP contribution in [0.4, 0.5) is 5.82 Å². The number of nitrogens with zero attached hydrogens (tertiary/aromatic N) is 4. The predicted octanol–water partition coefficient (Wildman–Crippen LogP) is 3.20. The number of carbonyl (C=O) groups excluding carboxylic acids is 2. The van der Waals surface area contributed by atoms with E-state index in [4.69, 9.17) is 0 Å². The summed E-state index contributed by atoms with van der Waals surface area (Å²) in [6, 6.07) is 5.75. The quantitative estimate of drug-likeness (QED) is 0.771. The summed E-state index contributed by atoms with van der Waals surface area (Å²) in [5, 5.41) is 8.06. The molecular weight excluding hydrogens is 342 g/mol. The van der Waals surface area contributed by atoms with Gasteiger partial charge in [-0.2, -0.15) is 4.68 Å². The fraction of sp³-hybridized carbons (Fsp3) is 0.350. The van der Waals surface area contributed by atoms with Crippen molar-refractivity contribution in [2.75, 3.05) is 5.32 Å². The average molecular weight is 361 g/mol. The van der Waals surface area contributed by atoms with Gasteiger partial charge in [0.05, 0.1) is 17.4 Å². The predicted molar refractivity (Wildman–Crippen MR) is 100 cm³/mol. The minimum atomic E-state index is -0.0317. The molecule has 2 aliphatic rings. The Morgan fingerprint density at radius 2 is 1.85 bits per heavy atom. The fourth-order valence-corrected chi connectivity index (χ4v) is 3.12. The van der Waals surface area contributed by atoms with E-state index in [0.29, 0.717) is 11.3 Å². The number of fused-ring (bicyclic) bond motifs is 1. The Bertz CT molecular complexity index is 1060. The zero-order valence-electron chi connectivity index (χ0n) is 15.0. The molecule has 5 rings (SSSR count). The van der Waals surface area contributed by atoms with Crippen LogP contribution in [-0.4, -0.2) is 31.6 Å². The summed E-state index contributed by atoms with van der Waals surface area (Å²) in [6.45, 7) is 1.93. The number of anilines is 1. The number of nitrogens with one attached hydrogen (secondary N) is 1. The Kier molecular flexibility index (Phi) is 3.56. The lowest BCUT2D eigenvalue weighted by atomic mass is 10.1. The highest BCUT2D eigenvalue weighted by Crippen LogP contribution is 2.35. The van der Waals surface area contributed by atoms with Gasteiger partial charge in [0.15, 0.2) is 5.82 Å². The Labute approximate surface area is 155 Å². The number of rotatable bonds is 4. The summed E-state index contributed by atoms with van der Waals surface area (Å²) in [6.07, 6.45) is 7.03. The fourth-order valence-electron chi connectivity index (χ4n) is 3.12. The third-order valence-electron chi connectivity index (χ3n) is 5.10. The van der Waals surface area contributed by atoms with Crippen molar-refractivity contribution in [1.29, 1.82) is 0 Å². The molecule has 1 amide bonds. The van der Waals surface area contributed by atoms with Crippen molar-refractivity contribution >= 4 is 28.5 Å². The van der Waals surface area contributed by atoms with E-state index in [1.54, 1.807) is 12.4 Å². The minimum absolute atomic E-state index is 0.0288. The van der Waals surface area contributed by atoms with Crippen LogP contribution in [0.25, 0.3) is 22.2 Å². The maximum atomic E-state index is 12.6. The van der Waals surface area contributed by atoms with Crippen molar-refractivity contribution in [2.24, 2.45) is 11.8 Å². The zero-order chi connectivity index (χ0) is 18.5. The zero-order valence-corrected chi connectivity index (χ0v) is 15.0. The van der Waals surface area contributed by atoms with Crippen LogP contribution < -0.4 is 5.32 Å². The Morgan fingerprint density at radius 1 is 1.07 bits per heavy atom. The molecule has 7 nitrogen and oxygen atoms in total. The largest absolute Gasteiger partial charge is 0.308 e. The van der Waals surface area contributed by atoms with Gasteiger partial charge in [0.25, 0.3) is 5.91 Å². The molecule has 3 heterocycles. The van der Waals surface area contributed by atoms with Crippen molar-refractivity contribution in [2.45, 2.75) is 32.6 Å². The first kappa shape index (κ1) is 16.1. The summed E-state index contributed by atoms with van der Waals surface area (Å²) in [5.41, 5.74) is 3.17. The van der Waals surface area contributed by atoms with Crippen LogP contribution in [0, 0.1) is 18.8 Å². The van der Waals surface area contributed by atoms with Crippen LogP contribution in [0.5, 0.6) is 0 Å². The first-order valence-electron chi connectivity index (χ1n) is 9.27. The lowest BCUT2D eigenvalue weighted by Crippen LogP contribution is -2.16. The monoisotopic (exact) mass is 361 g/mol. The van der Waals surface area contributed by atoms with Gasteiger partial charge < -0.3 is 5.32 Å². The topological polar surface area (TPSA) is 89.8 Å². The van der Waals surface area contributed by atoms with Gasteiger partial charge in [0.2, 0.25) is 5.91 Å². The van der Waals surface area contributed by atoms with Crippen LogP contribution in [0.1, 0.15) is 36.2 Å². The molecule has 3 aromatic heterocycles. The highest BCUT2D eigenvalue weighted by Gasteiger charge is 2.34. The van der Waals surface area contributed by atoms with Gasteiger partial charge >= 0.3 is 0 Å². The molecule has 2 fully saturated rings. The highest BCUT2D eigenvalue weighted by atomic mass is 16.2. The second-order valence-corrected chi connectivity index (χ2v) is 7.41. The molecule has 2 aliphatic carbocycles. The molecule has 0 spiro atoms. The molecule has 0 radical (unpaired) electrons. The van der Waals surface area contributed by atoms with Gasteiger partial charge in [0, 0.05) is 34.7 Å². The van der Waals surface area contributed by atoms with Gasteiger partial charge in [-0.25, -0.2) is 0 Å². The van der Waals surface area contributed by atoms with E-state index < -0.39 is 0 Å². The van der Waals surface area contributed by atoms with Crippen molar-refractivity contribution in [3.05, 3.63) is 36.3 Å². The third-order valence-corrected chi connectivity index (χ3v) is 5.10. The van der Waals surface area contributed by atoms with Crippen LogP contribution in [0.2, 0.25) is 0 Å². The second-order valence-electron chi connectivity index (χ2n) is 7.41. The molecule has 136 valence electrons. The van der Waals surface area contributed by atoms with Gasteiger partial charge in [-0.15, -0.1) is 5.10 Å². The SMILES string of the molecule is Cc1ccc(-c2cc3c(NC(=O)C4CC4)nn(C(=O)C4CC4)c3cn2)cn1. The maximum absolute atomic E-state index is 12.6. The Hall–Kier alpha value is -3.09. The van der Waals surface area contributed by atoms with Crippen LogP contribution >= 0.6 is 0 Å². The van der Waals surface area contributed by atoms with Gasteiger partial charge in [0.1, 0.15) is 0 Å². The first-order valence-corrected chi connectivity index (χ1v) is 9.27. The van der Waals surface area contributed by atoms with E-state index in [2.05, 4.69) is 20.4 Å². The van der Waals surface area contributed by atoms with Gasteiger partial charge in [-0.1, -0.05) is 0 Å². The molecule has 0 atom stereocenters. The second kappa shape index (κ2) is 5.97. The number of hydrogen-bond acceptors (Lipinski definition) is 5. The van der Waals surface area contributed by atoms with E-state index >= 15 is 0 Å². The maximum Gasteiger partial charge on any atom is 0.250 e. The molecule has 27 heavy (non-hydrogen) atoms. The Balaban J connectivity index is 1.60. The molecule has 0 bridgehead atoms. The number of amides is 1. The average Bonchev–Trinajstić information content (AvgIpc) is 3.58. The number of aromatic nitrogens is 4. The van der Waals surface area contributed by atoms with Gasteiger partial charge in [-0.05, 0) is 50.8 Å². The Morgan fingerprint density at radius 3 is 2.52 bits per heavy atom. The summed E-state index contributed by atoms with van der Waals surface area (Å²) in [5.74, 6) is 0.460. The van der Waals surface area contributed by atoms with Crippen LogP contribution in [0.3, 0.4) is 0 Å². The lowest BCUT2D eigenvalue weighted by molar-refractivity contribution is -0.117. The molecule has 2 saturated carbocycles. The molecule has 7 heteroatoms. The number of pyridine rings is 2. The minimum Gasteiger partial charge on any atom is -0.308 e. The highest BCUT2D eigenvalue weighted by molar-refractivity contribution is 6.04. The molecular formula is C20H19N5O2. The lowest BCUT2D eigenvalue weighted by Gasteiger charge is -2.03. The molecule has 0 aliphatic heterocycles. The molecule has 3 aromatic rings. The normalized spacial score (nSPS) is 16.5. The molecule has 0 saturated heterocycles. The van der Waals surface area contributed by atoms with Crippen LogP contribution in [0.15, 0.2) is 30.6 Å². The molecule has 1 N–H and O–H groups in total. The number of hydrogen-bond donors (Lipinski definition) is 1. The van der Waals surface area contributed by atoms with Gasteiger partial charge in [-0.3, -0.25) is 19.6 Å². The molecule has 0 aromatic carbocycles. The van der Waals surface area contributed by atoms with Crippen molar-refractivity contribution in [3.63, 3.8) is 0 Å². The van der Waals surface area contributed by atoms with Crippen molar-refractivity contribution < 1.29 is 9.59 Å². The van der Waals surface area contributed by atoms with E-state index in [-0.39, 0.29) is 23.7 Å². The summed E-state index contributed by atoms with van der Waals surface area (Å²) in [4.78, 5) is 33.7. The van der Waals surface area contributed by atoms with E-state index in [1.807, 2.05) is 25.1 Å². The summed E-state index contributed by atoms with van der Waals surface area (Å²) in [7, 11) is 0. The first-order chi connectivity index (χ1) is 13.1. The number of aryl methyl sites for hydroxylation is 1. The van der Waals surface area contributed by atoms with Crippen molar-refractivity contribution in [1.82, 2.24) is 19.7 Å². The van der Waals surface area contributed by atoms with E-state index in [0.717, 1.165) is 48.0 Å². The van der Waals surface area contributed by atoms with Crippen LogP contribution in [-0.2, 0) is 4.79 Å². The number of carbonyl (C=O) groups is 2. The molecule has 0 unspecified atom stereocenters. The standard InChI is InChI=1S/C20H19N5O2/c1-11-2-3-14(9-21-11)16-8-15-17(10-22-16)25(20(27)13-6-7-13)24-18(15)23-19(26)12-4-5-12/h2-3,8-10,12-13H,4-7H2,1H3,(H,23,24,26). The summed E-state index contributed by atoms with van der Waals surface area (Å²) >= 11 is 0.